The van der Waals surface area contributed by atoms with Crippen LogP contribution in [-0.4, -0.2) is 61.1 Å². The Morgan fingerprint density at radius 1 is 1.12 bits per heavy atom. The summed E-state index contributed by atoms with van der Waals surface area (Å²) in [6.07, 6.45) is 1.82. The van der Waals surface area contributed by atoms with Crippen molar-refractivity contribution in [3.63, 3.8) is 0 Å². The number of ether oxygens (including phenoxy) is 2. The molecule has 1 aliphatic rings. The summed E-state index contributed by atoms with van der Waals surface area (Å²) in [5, 5.41) is 2.82. The first-order chi connectivity index (χ1) is 16.5. The summed E-state index contributed by atoms with van der Waals surface area (Å²) >= 11 is 1.50. The Balaban J connectivity index is 1.56. The number of amides is 1. The molecule has 1 aliphatic heterocycles. The maximum atomic E-state index is 11.4. The van der Waals surface area contributed by atoms with Crippen molar-refractivity contribution in [3.8, 4) is 11.6 Å². The molecule has 2 aromatic carbocycles. The summed E-state index contributed by atoms with van der Waals surface area (Å²) in [5.74, 6) is 1.91. The van der Waals surface area contributed by atoms with E-state index in [2.05, 4.69) is 27.1 Å². The lowest BCUT2D eigenvalue weighted by atomic mass is 10.2. The number of anilines is 2. The van der Waals surface area contributed by atoms with Crippen molar-refractivity contribution < 1.29 is 14.3 Å². The zero-order valence-electron chi connectivity index (χ0n) is 19.7. The van der Waals surface area contributed by atoms with Crippen molar-refractivity contribution in [2.45, 2.75) is 23.3 Å². The van der Waals surface area contributed by atoms with Gasteiger partial charge in [0, 0.05) is 43.7 Å². The summed E-state index contributed by atoms with van der Waals surface area (Å²) < 4.78 is 11.4. The van der Waals surface area contributed by atoms with Crippen LogP contribution < -0.4 is 19.7 Å². The smallest absolute Gasteiger partial charge is 0.232 e. The molecule has 1 saturated heterocycles. The summed E-state index contributed by atoms with van der Waals surface area (Å²) in [4.78, 5) is 27.1. The van der Waals surface area contributed by atoms with Crippen LogP contribution in [-0.2, 0) is 11.4 Å². The van der Waals surface area contributed by atoms with Gasteiger partial charge in [-0.05, 0) is 42.9 Å². The van der Waals surface area contributed by atoms with Gasteiger partial charge < -0.3 is 24.6 Å². The number of hydrogen-bond donors (Lipinski definition) is 1. The van der Waals surface area contributed by atoms with Crippen molar-refractivity contribution in [2.75, 3.05) is 50.6 Å². The highest BCUT2D eigenvalue weighted by Gasteiger charge is 2.19. The van der Waals surface area contributed by atoms with Gasteiger partial charge in [0.05, 0.1) is 18.2 Å². The maximum absolute atomic E-state index is 11.4. The summed E-state index contributed by atoms with van der Waals surface area (Å²) in [7, 11) is 3.77. The third kappa shape index (κ3) is 6.39. The topological polar surface area (TPSA) is 79.8 Å². The lowest BCUT2D eigenvalue weighted by Crippen LogP contribution is -2.45. The van der Waals surface area contributed by atoms with Gasteiger partial charge >= 0.3 is 0 Å². The number of piperazine rings is 1. The Hall–Kier alpha value is -3.30. The highest BCUT2D eigenvalue weighted by Crippen LogP contribution is 2.36. The lowest BCUT2D eigenvalue weighted by Gasteiger charge is -2.32. The summed E-state index contributed by atoms with van der Waals surface area (Å²) in [5.41, 5.74) is 1.76. The molecule has 0 spiro atoms. The molecule has 4 rings (SSSR count). The number of hydrogen-bond acceptors (Lipinski definition) is 8. The van der Waals surface area contributed by atoms with E-state index in [0.717, 1.165) is 53.0 Å². The zero-order chi connectivity index (χ0) is 23.9. The molecule has 1 fully saturated rings. The zero-order valence-corrected chi connectivity index (χ0v) is 20.5. The first kappa shape index (κ1) is 23.8. The molecule has 178 valence electrons. The van der Waals surface area contributed by atoms with Crippen molar-refractivity contribution in [3.05, 3.63) is 60.3 Å². The van der Waals surface area contributed by atoms with E-state index in [9.17, 15) is 4.79 Å². The molecule has 2 heterocycles. The highest BCUT2D eigenvalue weighted by atomic mass is 32.2. The molecule has 0 unspecified atom stereocenters. The van der Waals surface area contributed by atoms with Crippen molar-refractivity contribution >= 4 is 29.3 Å². The van der Waals surface area contributed by atoms with Crippen LogP contribution in [0.15, 0.2) is 64.5 Å². The van der Waals surface area contributed by atoms with Gasteiger partial charge in [-0.3, -0.25) is 4.79 Å². The normalized spacial score (nSPS) is 14.0. The third-order valence-electron chi connectivity index (χ3n) is 5.41. The predicted molar refractivity (Wildman–Crippen MR) is 134 cm³/mol. The van der Waals surface area contributed by atoms with Gasteiger partial charge in [-0.2, -0.15) is 4.98 Å². The second-order valence-corrected chi connectivity index (χ2v) is 9.19. The average molecular weight is 480 g/mol. The van der Waals surface area contributed by atoms with Crippen LogP contribution in [0.3, 0.4) is 0 Å². The minimum atomic E-state index is -0.106. The second kappa shape index (κ2) is 11.2. The molecule has 0 aliphatic carbocycles. The number of nitrogens with one attached hydrogen (secondary N) is 1. The fraction of sp³-hybridized carbons (Fsp3) is 0.320. The maximum Gasteiger partial charge on any atom is 0.232 e. The van der Waals surface area contributed by atoms with Crippen LogP contribution in [0.2, 0.25) is 0 Å². The Morgan fingerprint density at radius 2 is 1.88 bits per heavy atom. The van der Waals surface area contributed by atoms with Crippen LogP contribution >= 0.6 is 11.8 Å². The minimum Gasteiger partial charge on any atom is -0.497 e. The number of aromatic nitrogens is 2. The molecule has 0 bridgehead atoms. The third-order valence-corrected chi connectivity index (χ3v) is 6.40. The molecule has 8 nitrogen and oxygen atoms in total. The Labute approximate surface area is 204 Å². The van der Waals surface area contributed by atoms with Gasteiger partial charge in [-0.15, -0.1) is 0 Å². The van der Waals surface area contributed by atoms with Crippen molar-refractivity contribution in [1.29, 1.82) is 0 Å². The van der Waals surface area contributed by atoms with E-state index < -0.39 is 0 Å². The van der Waals surface area contributed by atoms with E-state index in [-0.39, 0.29) is 5.91 Å². The summed E-state index contributed by atoms with van der Waals surface area (Å²) in [6.45, 7) is 5.56. The Bertz CT molecular complexity index is 1120. The monoisotopic (exact) mass is 479 g/mol. The van der Waals surface area contributed by atoms with Crippen LogP contribution in [0.4, 0.5) is 11.6 Å². The average Bonchev–Trinajstić information content (AvgIpc) is 2.84. The predicted octanol–water partition coefficient (Wildman–Crippen LogP) is 3.93. The van der Waals surface area contributed by atoms with Crippen LogP contribution in [0, 0.1) is 0 Å². The molecule has 34 heavy (non-hydrogen) atoms. The highest BCUT2D eigenvalue weighted by molar-refractivity contribution is 7.99. The van der Waals surface area contributed by atoms with Gasteiger partial charge in [0.25, 0.3) is 0 Å². The Kier molecular flexibility index (Phi) is 7.87. The standard InChI is InChI=1S/C25H29N5O3S/c1-18(31)27-20-5-4-6-22(15-20)34-23-16-26-25(30-13-11-29(2)12-14-30)28-24(23)33-17-19-7-9-21(32-3)10-8-19/h4-10,15-16H,11-14,17H2,1-3H3,(H,27,31). The molecule has 0 atom stereocenters. The molecule has 0 radical (unpaired) electrons. The first-order valence-electron chi connectivity index (χ1n) is 11.1. The molecule has 1 N–H and O–H groups in total. The van der Waals surface area contributed by atoms with Gasteiger partial charge in [0.2, 0.25) is 17.7 Å². The van der Waals surface area contributed by atoms with E-state index >= 15 is 0 Å². The molecule has 1 amide bonds. The van der Waals surface area contributed by atoms with Gasteiger partial charge in [-0.1, -0.05) is 30.0 Å². The van der Waals surface area contributed by atoms with Crippen molar-refractivity contribution in [2.24, 2.45) is 0 Å². The molecular weight excluding hydrogens is 450 g/mol. The fourth-order valence-corrected chi connectivity index (χ4v) is 4.40. The molecule has 1 aromatic heterocycles. The SMILES string of the molecule is COc1ccc(COc2nc(N3CCN(C)CC3)ncc2Sc2cccc(NC(C)=O)c2)cc1. The number of methoxy groups -OCH3 is 1. The Morgan fingerprint density at radius 3 is 2.59 bits per heavy atom. The molecule has 0 saturated carbocycles. The molecule has 3 aromatic rings. The number of rotatable bonds is 8. The second-order valence-electron chi connectivity index (χ2n) is 8.08. The van der Waals surface area contributed by atoms with Crippen molar-refractivity contribution in [1.82, 2.24) is 14.9 Å². The lowest BCUT2D eigenvalue weighted by molar-refractivity contribution is -0.114. The van der Waals surface area contributed by atoms with Gasteiger partial charge in [0.15, 0.2) is 0 Å². The van der Waals surface area contributed by atoms with E-state index in [1.807, 2.05) is 54.7 Å². The van der Waals surface area contributed by atoms with E-state index in [4.69, 9.17) is 14.5 Å². The number of carbonyl (C=O) groups excluding carboxylic acids is 1. The first-order valence-corrected chi connectivity index (χ1v) is 11.9. The van der Waals surface area contributed by atoms with Gasteiger partial charge in [0.1, 0.15) is 12.4 Å². The number of carbonyl (C=O) groups is 1. The van der Waals surface area contributed by atoms with E-state index in [1.54, 1.807) is 7.11 Å². The summed E-state index contributed by atoms with van der Waals surface area (Å²) in [6, 6.07) is 15.5. The van der Waals surface area contributed by atoms with Crippen LogP contribution in [0.25, 0.3) is 0 Å². The van der Waals surface area contributed by atoms with Crippen LogP contribution in [0.1, 0.15) is 12.5 Å². The number of likely N-dealkylation sites (N-methyl/N-ethyl adjacent to an activating group) is 1. The minimum absolute atomic E-state index is 0.106. The van der Waals surface area contributed by atoms with E-state index in [0.29, 0.717) is 18.4 Å². The van der Waals surface area contributed by atoms with E-state index in [1.165, 1.54) is 18.7 Å². The quantitative estimate of drug-likeness (QED) is 0.521. The van der Waals surface area contributed by atoms with Gasteiger partial charge in [-0.25, -0.2) is 4.98 Å². The van der Waals surface area contributed by atoms with Crippen LogP contribution in [0.5, 0.6) is 11.6 Å². The molecule has 9 heteroatoms. The largest absolute Gasteiger partial charge is 0.497 e. The number of nitrogens with zero attached hydrogens (tertiary/aromatic N) is 4. The molecular formula is C25H29N5O3S. The fourth-order valence-electron chi connectivity index (χ4n) is 3.52. The number of benzene rings is 2.